The van der Waals surface area contributed by atoms with Gasteiger partial charge >= 0.3 is 0 Å². The summed E-state index contributed by atoms with van der Waals surface area (Å²) in [7, 11) is 3.29. The summed E-state index contributed by atoms with van der Waals surface area (Å²) in [6, 6.07) is 3.86. The van der Waals surface area contributed by atoms with Crippen LogP contribution in [0.1, 0.15) is 18.1 Å². The van der Waals surface area contributed by atoms with E-state index in [0.717, 1.165) is 22.6 Å². The molecule has 0 bridgehead atoms. The third-order valence-corrected chi connectivity index (χ3v) is 2.54. The summed E-state index contributed by atoms with van der Waals surface area (Å²) < 4.78 is 10.6. The number of ether oxygens (including phenoxy) is 2. The Balaban J connectivity index is 3.04. The molecule has 1 atom stereocenters. The van der Waals surface area contributed by atoms with Crippen LogP contribution in [-0.4, -0.2) is 25.5 Å². The van der Waals surface area contributed by atoms with Crippen LogP contribution in [0.15, 0.2) is 12.1 Å². The highest BCUT2D eigenvalue weighted by molar-refractivity contribution is 5.46. The van der Waals surface area contributed by atoms with E-state index in [1.165, 1.54) is 0 Å². The van der Waals surface area contributed by atoms with Gasteiger partial charge in [0, 0.05) is 6.04 Å². The molecule has 2 N–H and O–H groups in total. The largest absolute Gasteiger partial charge is 0.496 e. The molecule has 4 heteroatoms. The van der Waals surface area contributed by atoms with E-state index in [4.69, 9.17) is 14.7 Å². The Bertz CT molecular complexity index is 352. The second-order valence-corrected chi connectivity index (χ2v) is 3.87. The van der Waals surface area contributed by atoms with Gasteiger partial charge in [-0.2, -0.15) is 0 Å². The quantitative estimate of drug-likeness (QED) is 0.752. The molecule has 0 aliphatic carbocycles. The van der Waals surface area contributed by atoms with E-state index < -0.39 is 0 Å². The third kappa shape index (κ3) is 2.87. The number of hydrogen-bond acceptors (Lipinski definition) is 4. The zero-order chi connectivity index (χ0) is 12.1. The molecule has 0 fully saturated rings. The van der Waals surface area contributed by atoms with Crippen LogP contribution < -0.4 is 15.0 Å². The van der Waals surface area contributed by atoms with E-state index >= 15 is 0 Å². The highest BCUT2D eigenvalue weighted by Gasteiger charge is 2.11. The summed E-state index contributed by atoms with van der Waals surface area (Å²) in [5.74, 6) is 1.65. The molecule has 0 saturated heterocycles. The SMILES string of the molecule is COc1cc(C[C@H](C)NO)c(OC)cc1C. The van der Waals surface area contributed by atoms with Crippen molar-refractivity contribution in [2.75, 3.05) is 14.2 Å². The minimum atomic E-state index is -0.0266. The molecule has 0 spiro atoms. The van der Waals surface area contributed by atoms with Gasteiger partial charge in [-0.1, -0.05) is 0 Å². The summed E-state index contributed by atoms with van der Waals surface area (Å²) in [6.45, 7) is 3.87. The monoisotopic (exact) mass is 225 g/mol. The maximum absolute atomic E-state index is 8.82. The molecule has 0 aliphatic heterocycles. The molecule has 0 amide bonds. The normalized spacial score (nSPS) is 12.3. The van der Waals surface area contributed by atoms with Crippen LogP contribution >= 0.6 is 0 Å². The van der Waals surface area contributed by atoms with Gasteiger partial charge in [-0.3, -0.25) is 0 Å². The molecule has 1 rings (SSSR count). The average molecular weight is 225 g/mol. The van der Waals surface area contributed by atoms with E-state index in [0.29, 0.717) is 6.42 Å². The Morgan fingerprint density at radius 3 is 2.38 bits per heavy atom. The van der Waals surface area contributed by atoms with Crippen molar-refractivity contribution < 1.29 is 14.7 Å². The highest BCUT2D eigenvalue weighted by atomic mass is 16.5. The first-order valence-electron chi connectivity index (χ1n) is 5.23. The van der Waals surface area contributed by atoms with Crippen molar-refractivity contribution in [3.05, 3.63) is 23.3 Å². The summed E-state index contributed by atoms with van der Waals surface area (Å²) >= 11 is 0. The number of methoxy groups -OCH3 is 2. The Labute approximate surface area is 96.1 Å². The molecule has 90 valence electrons. The Morgan fingerprint density at radius 1 is 1.25 bits per heavy atom. The van der Waals surface area contributed by atoms with Gasteiger partial charge in [0.1, 0.15) is 11.5 Å². The van der Waals surface area contributed by atoms with Gasteiger partial charge < -0.3 is 14.7 Å². The fourth-order valence-corrected chi connectivity index (χ4v) is 1.65. The van der Waals surface area contributed by atoms with Crippen LogP contribution in [0.3, 0.4) is 0 Å². The summed E-state index contributed by atoms with van der Waals surface area (Å²) in [4.78, 5) is 0. The molecule has 1 aromatic rings. The van der Waals surface area contributed by atoms with Crippen molar-refractivity contribution in [2.24, 2.45) is 0 Å². The van der Waals surface area contributed by atoms with E-state index in [1.807, 2.05) is 26.0 Å². The van der Waals surface area contributed by atoms with Crippen molar-refractivity contribution in [3.8, 4) is 11.5 Å². The Morgan fingerprint density at radius 2 is 1.88 bits per heavy atom. The minimum Gasteiger partial charge on any atom is -0.496 e. The molecular formula is C12H19NO3. The van der Waals surface area contributed by atoms with Gasteiger partial charge in [-0.25, -0.2) is 5.48 Å². The topological polar surface area (TPSA) is 50.7 Å². The number of benzene rings is 1. The average Bonchev–Trinajstić information content (AvgIpc) is 2.30. The number of aryl methyl sites for hydroxylation is 1. The van der Waals surface area contributed by atoms with Crippen LogP contribution in [0.4, 0.5) is 0 Å². The first-order valence-corrected chi connectivity index (χ1v) is 5.23. The van der Waals surface area contributed by atoms with Gasteiger partial charge in [0.25, 0.3) is 0 Å². The fourth-order valence-electron chi connectivity index (χ4n) is 1.65. The molecule has 1 aromatic carbocycles. The van der Waals surface area contributed by atoms with Crippen LogP contribution in [0, 0.1) is 6.92 Å². The van der Waals surface area contributed by atoms with Gasteiger partial charge in [-0.05, 0) is 43.5 Å². The second-order valence-electron chi connectivity index (χ2n) is 3.87. The number of hydroxylamine groups is 1. The van der Waals surface area contributed by atoms with Crippen LogP contribution in [0.25, 0.3) is 0 Å². The van der Waals surface area contributed by atoms with Crippen molar-refractivity contribution >= 4 is 0 Å². The van der Waals surface area contributed by atoms with Crippen molar-refractivity contribution in [2.45, 2.75) is 26.3 Å². The molecule has 0 unspecified atom stereocenters. The maximum atomic E-state index is 8.82. The lowest BCUT2D eigenvalue weighted by molar-refractivity contribution is 0.132. The smallest absolute Gasteiger partial charge is 0.122 e. The van der Waals surface area contributed by atoms with Crippen LogP contribution in [0.5, 0.6) is 11.5 Å². The molecule has 0 radical (unpaired) electrons. The van der Waals surface area contributed by atoms with Crippen molar-refractivity contribution in [1.82, 2.24) is 5.48 Å². The molecule has 16 heavy (non-hydrogen) atoms. The lowest BCUT2D eigenvalue weighted by atomic mass is 10.0. The summed E-state index contributed by atoms with van der Waals surface area (Å²) in [6.07, 6.45) is 0.677. The lowest BCUT2D eigenvalue weighted by Crippen LogP contribution is -2.24. The van der Waals surface area contributed by atoms with E-state index in [2.05, 4.69) is 5.48 Å². The lowest BCUT2D eigenvalue weighted by Gasteiger charge is -2.15. The van der Waals surface area contributed by atoms with Gasteiger partial charge in [0.15, 0.2) is 0 Å². The van der Waals surface area contributed by atoms with Crippen LogP contribution in [-0.2, 0) is 6.42 Å². The zero-order valence-corrected chi connectivity index (χ0v) is 10.2. The van der Waals surface area contributed by atoms with E-state index in [1.54, 1.807) is 14.2 Å². The molecule has 0 aliphatic rings. The first-order chi connectivity index (χ1) is 7.62. The zero-order valence-electron chi connectivity index (χ0n) is 10.2. The predicted octanol–water partition coefficient (Wildman–Crippen LogP) is 1.92. The van der Waals surface area contributed by atoms with E-state index in [-0.39, 0.29) is 6.04 Å². The van der Waals surface area contributed by atoms with E-state index in [9.17, 15) is 0 Å². The Hall–Kier alpha value is -1.26. The van der Waals surface area contributed by atoms with Gasteiger partial charge in [0.2, 0.25) is 0 Å². The fraction of sp³-hybridized carbons (Fsp3) is 0.500. The molecular weight excluding hydrogens is 206 g/mol. The Kier molecular flexibility index (Phi) is 4.58. The highest BCUT2D eigenvalue weighted by Crippen LogP contribution is 2.28. The van der Waals surface area contributed by atoms with Crippen LogP contribution in [0.2, 0.25) is 0 Å². The molecule has 0 aromatic heterocycles. The molecule has 0 saturated carbocycles. The summed E-state index contributed by atoms with van der Waals surface area (Å²) in [5.41, 5.74) is 4.27. The number of rotatable bonds is 5. The van der Waals surface area contributed by atoms with Gasteiger partial charge in [0.05, 0.1) is 14.2 Å². The number of hydrogen-bond donors (Lipinski definition) is 2. The maximum Gasteiger partial charge on any atom is 0.122 e. The third-order valence-electron chi connectivity index (χ3n) is 2.54. The standard InChI is InChI=1S/C12H19NO3/c1-8-5-12(16-4)10(6-9(2)13-14)7-11(8)15-3/h5,7,9,13-14H,6H2,1-4H3/t9-/m0/s1. The first kappa shape index (κ1) is 12.8. The summed E-state index contributed by atoms with van der Waals surface area (Å²) in [5, 5.41) is 8.82. The minimum absolute atomic E-state index is 0.0266. The second kappa shape index (κ2) is 5.72. The molecule has 0 heterocycles. The predicted molar refractivity (Wildman–Crippen MR) is 62.4 cm³/mol. The molecule has 4 nitrogen and oxygen atoms in total. The van der Waals surface area contributed by atoms with Crippen molar-refractivity contribution in [1.29, 1.82) is 0 Å². The van der Waals surface area contributed by atoms with Gasteiger partial charge in [-0.15, -0.1) is 0 Å². The van der Waals surface area contributed by atoms with Crippen molar-refractivity contribution in [3.63, 3.8) is 0 Å². The number of nitrogens with one attached hydrogen (secondary N) is 1.